The fourth-order valence-corrected chi connectivity index (χ4v) is 1.79. The summed E-state index contributed by atoms with van der Waals surface area (Å²) >= 11 is 0. The van der Waals surface area contributed by atoms with Crippen LogP contribution in [0.25, 0.3) is 0 Å². The Bertz CT molecular complexity index is 527. The van der Waals surface area contributed by atoms with E-state index in [0.29, 0.717) is 29.6 Å². The monoisotopic (exact) mass is 368 g/mol. The van der Waals surface area contributed by atoms with Crippen LogP contribution in [-0.4, -0.2) is 74.4 Å². The summed E-state index contributed by atoms with van der Waals surface area (Å²) in [7, 11) is -0.0959. The predicted molar refractivity (Wildman–Crippen MR) is 90.0 cm³/mol. The minimum atomic E-state index is -3.90. The van der Waals surface area contributed by atoms with Crippen molar-refractivity contribution in [2.75, 3.05) is 39.5 Å². The van der Waals surface area contributed by atoms with Crippen LogP contribution in [0.4, 0.5) is 0 Å². The van der Waals surface area contributed by atoms with Gasteiger partial charge >= 0.3 is 5.97 Å². The molecule has 0 rings (SSSR count). The van der Waals surface area contributed by atoms with Gasteiger partial charge in [0.25, 0.3) is 10.1 Å². The summed E-state index contributed by atoms with van der Waals surface area (Å²) in [5.74, 6) is -1.15. The van der Waals surface area contributed by atoms with Crippen LogP contribution in [0.2, 0.25) is 0 Å². The first-order valence-electron chi connectivity index (χ1n) is 6.82. The standard InChI is InChI=1S/C11H21NO5S.C3H5NO.H2O/c1-10(2)11(13)17-8-7-12(3,4)6-5-9-18(14,15)16;1-2-3(4)5;/h1,5-9H2,2-4H3;2H,1H2,(H2,4,5);1H2. The van der Waals surface area contributed by atoms with Gasteiger partial charge in [0, 0.05) is 12.0 Å². The van der Waals surface area contributed by atoms with Gasteiger partial charge in [-0.1, -0.05) is 13.2 Å². The van der Waals surface area contributed by atoms with Crippen molar-refractivity contribution in [1.29, 1.82) is 0 Å². The Morgan fingerprint density at radius 3 is 2.08 bits per heavy atom. The smallest absolute Gasteiger partial charge is 0.333 e. The number of likely N-dealkylation sites (N-methyl/N-ethyl adjacent to an activating group) is 1. The molecule has 0 saturated heterocycles. The number of carbonyl (C=O) groups excluding carboxylic acids is 2. The molecule has 0 heterocycles. The molecule has 0 aromatic heterocycles. The molecule has 9 nitrogen and oxygen atoms in total. The molecule has 24 heavy (non-hydrogen) atoms. The lowest BCUT2D eigenvalue weighted by atomic mass is 10.3. The molecule has 0 atom stereocenters. The van der Waals surface area contributed by atoms with Crippen molar-refractivity contribution >= 4 is 22.0 Å². The second kappa shape index (κ2) is 12.6. The van der Waals surface area contributed by atoms with Gasteiger partial charge in [-0.05, 0) is 13.0 Å². The van der Waals surface area contributed by atoms with Crippen molar-refractivity contribution in [2.24, 2.45) is 5.73 Å². The molecule has 0 aliphatic heterocycles. The molecule has 0 unspecified atom stereocenters. The van der Waals surface area contributed by atoms with E-state index in [1.807, 2.05) is 14.1 Å². The van der Waals surface area contributed by atoms with Crippen LogP contribution in [-0.2, 0) is 24.4 Å². The van der Waals surface area contributed by atoms with Gasteiger partial charge in [0.05, 0.1) is 26.4 Å². The van der Waals surface area contributed by atoms with Crippen LogP contribution in [0, 0.1) is 0 Å². The Hall–Kier alpha value is -1.75. The highest BCUT2D eigenvalue weighted by Gasteiger charge is 2.17. The van der Waals surface area contributed by atoms with Crippen LogP contribution >= 0.6 is 0 Å². The van der Waals surface area contributed by atoms with Crippen LogP contribution in [0.3, 0.4) is 0 Å². The molecule has 0 aromatic carbocycles. The number of ether oxygens (including phenoxy) is 1. The summed E-state index contributed by atoms with van der Waals surface area (Å²) in [6.07, 6.45) is 1.42. The van der Waals surface area contributed by atoms with E-state index in [-0.39, 0.29) is 17.8 Å². The topological polar surface area (TPSA) is 154 Å². The third-order valence-corrected chi connectivity index (χ3v) is 3.45. The highest BCUT2D eigenvalue weighted by Crippen LogP contribution is 2.02. The number of nitrogens with zero attached hydrogens (tertiary/aromatic N) is 1. The Balaban J connectivity index is -0.000000639. The summed E-state index contributed by atoms with van der Waals surface area (Å²) in [6, 6.07) is 0. The van der Waals surface area contributed by atoms with Gasteiger partial charge < -0.3 is 20.4 Å². The normalized spacial score (nSPS) is 10.5. The quantitative estimate of drug-likeness (QED) is 0.250. The fourth-order valence-electron chi connectivity index (χ4n) is 1.30. The average molecular weight is 368 g/mol. The van der Waals surface area contributed by atoms with E-state index in [0.717, 1.165) is 6.08 Å². The molecule has 0 aliphatic rings. The van der Waals surface area contributed by atoms with Gasteiger partial charge in [-0.25, -0.2) is 4.79 Å². The second-order valence-electron chi connectivity index (χ2n) is 5.55. The number of hydrogen-bond donors (Lipinski definition) is 2. The molecule has 1 amide bonds. The van der Waals surface area contributed by atoms with E-state index in [4.69, 9.17) is 9.29 Å². The molecule has 142 valence electrons. The van der Waals surface area contributed by atoms with E-state index in [1.165, 1.54) is 0 Å². The number of hydrogen-bond acceptors (Lipinski definition) is 6. The Kier molecular flexibility index (Phi) is 14.3. The summed E-state index contributed by atoms with van der Waals surface area (Å²) in [5.41, 5.74) is 4.89. The Morgan fingerprint density at radius 2 is 1.75 bits per heavy atom. The van der Waals surface area contributed by atoms with Crippen LogP contribution in [0.5, 0.6) is 0 Å². The van der Waals surface area contributed by atoms with Gasteiger partial charge in [0.15, 0.2) is 0 Å². The van der Waals surface area contributed by atoms with Crippen molar-refractivity contribution in [3.05, 3.63) is 24.8 Å². The van der Waals surface area contributed by atoms with Crippen molar-refractivity contribution in [3.8, 4) is 0 Å². The van der Waals surface area contributed by atoms with Crippen molar-refractivity contribution in [1.82, 2.24) is 0 Å². The van der Waals surface area contributed by atoms with Gasteiger partial charge in [0.2, 0.25) is 5.91 Å². The molecular formula is C14H28N2O7S. The number of amides is 1. The first kappa shape index (κ1) is 27.1. The van der Waals surface area contributed by atoms with Crippen LogP contribution in [0.1, 0.15) is 13.3 Å². The van der Waals surface area contributed by atoms with Gasteiger partial charge in [-0.3, -0.25) is 9.35 Å². The summed E-state index contributed by atoms with van der Waals surface area (Å²) in [5, 5.41) is 0. The SMILES string of the molecule is C=C(C)C(=O)OCC[N+](C)(C)CCCS(=O)(=O)O.C=CC(N)=O.[OH-]. The van der Waals surface area contributed by atoms with Gasteiger partial charge in [0.1, 0.15) is 13.2 Å². The van der Waals surface area contributed by atoms with E-state index in [9.17, 15) is 18.0 Å². The zero-order valence-corrected chi connectivity index (χ0v) is 15.2. The lowest BCUT2D eigenvalue weighted by Gasteiger charge is -2.29. The molecule has 0 fully saturated rings. The van der Waals surface area contributed by atoms with E-state index in [2.05, 4.69) is 18.9 Å². The third-order valence-electron chi connectivity index (χ3n) is 2.65. The lowest BCUT2D eigenvalue weighted by Crippen LogP contribution is -2.43. The summed E-state index contributed by atoms with van der Waals surface area (Å²) < 4.78 is 35.2. The number of esters is 1. The van der Waals surface area contributed by atoms with Crippen molar-refractivity contribution < 1.29 is 37.3 Å². The summed E-state index contributed by atoms with van der Waals surface area (Å²) in [6.45, 7) is 9.54. The number of quaternary nitrogens is 1. The second-order valence-corrected chi connectivity index (χ2v) is 7.12. The molecule has 0 saturated carbocycles. The number of carbonyl (C=O) groups is 2. The highest BCUT2D eigenvalue weighted by atomic mass is 32.2. The number of rotatable bonds is 9. The van der Waals surface area contributed by atoms with E-state index >= 15 is 0 Å². The Labute approximate surface area is 143 Å². The molecule has 0 bridgehead atoms. The number of nitrogens with two attached hydrogens (primary N) is 1. The van der Waals surface area contributed by atoms with Gasteiger partial charge in [-0.15, -0.1) is 0 Å². The maximum absolute atomic E-state index is 11.1. The Morgan fingerprint density at radius 1 is 1.29 bits per heavy atom. The molecule has 0 spiro atoms. The minimum absolute atomic E-state index is 0. The predicted octanol–water partition coefficient (Wildman–Crippen LogP) is -0.0591. The van der Waals surface area contributed by atoms with E-state index in [1.54, 1.807) is 6.92 Å². The average Bonchev–Trinajstić information content (AvgIpc) is 2.36. The first-order valence-corrected chi connectivity index (χ1v) is 8.43. The third kappa shape index (κ3) is 20.2. The zero-order chi connectivity index (χ0) is 18.7. The maximum Gasteiger partial charge on any atom is 0.333 e. The fraction of sp³-hybridized carbons (Fsp3) is 0.571. The van der Waals surface area contributed by atoms with Crippen LogP contribution < -0.4 is 5.73 Å². The molecule has 4 N–H and O–H groups in total. The summed E-state index contributed by atoms with van der Waals surface area (Å²) in [4.78, 5) is 20.6. The van der Waals surface area contributed by atoms with Crippen molar-refractivity contribution in [2.45, 2.75) is 13.3 Å². The molecule has 0 radical (unpaired) electrons. The molecule has 0 aliphatic carbocycles. The molecule has 10 heteroatoms. The van der Waals surface area contributed by atoms with E-state index < -0.39 is 22.0 Å². The molecule has 0 aromatic rings. The maximum atomic E-state index is 11.1. The van der Waals surface area contributed by atoms with Crippen molar-refractivity contribution in [3.63, 3.8) is 0 Å². The van der Waals surface area contributed by atoms with Gasteiger partial charge in [-0.2, -0.15) is 8.42 Å². The molecular weight excluding hydrogens is 340 g/mol. The zero-order valence-electron chi connectivity index (χ0n) is 14.4. The number of primary amides is 1. The lowest BCUT2D eigenvalue weighted by molar-refractivity contribution is -0.890. The highest BCUT2D eigenvalue weighted by molar-refractivity contribution is 7.85. The minimum Gasteiger partial charge on any atom is -0.870 e. The largest absolute Gasteiger partial charge is 0.870 e. The van der Waals surface area contributed by atoms with Crippen LogP contribution in [0.15, 0.2) is 24.8 Å². The first-order chi connectivity index (χ1) is 10.3.